The monoisotopic (exact) mass is 250 g/mol. The molecular formula is C8H18OSn. The summed E-state index contributed by atoms with van der Waals surface area (Å²) in [5.74, 6) is 0. The van der Waals surface area contributed by atoms with Crippen molar-refractivity contribution in [2.75, 3.05) is 0 Å². The van der Waals surface area contributed by atoms with E-state index in [9.17, 15) is 0 Å². The Morgan fingerprint density at radius 3 is 0.900 bits per heavy atom. The van der Waals surface area contributed by atoms with Crippen LogP contribution in [0.25, 0.3) is 0 Å². The summed E-state index contributed by atoms with van der Waals surface area (Å²) in [4.78, 5) is 0. The molecule has 0 atom stereocenters. The Bertz CT molecular complexity index is 74.4. The van der Waals surface area contributed by atoms with E-state index in [0.717, 1.165) is 0 Å². The Labute approximate surface area is 75.1 Å². The van der Waals surface area contributed by atoms with Crippen molar-refractivity contribution in [2.24, 2.45) is 0 Å². The quantitative estimate of drug-likeness (QED) is 0.590. The van der Waals surface area contributed by atoms with Crippen LogP contribution in [0.1, 0.15) is 41.5 Å². The number of rotatable bonds is 0. The average molecular weight is 249 g/mol. The van der Waals surface area contributed by atoms with E-state index in [0.29, 0.717) is 6.86 Å². The molecule has 10 heavy (non-hydrogen) atoms. The zero-order chi connectivity index (χ0) is 7.71. The predicted molar refractivity (Wildman–Crippen MR) is 45.9 cm³/mol. The molecule has 0 radical (unpaired) electrons. The van der Waals surface area contributed by atoms with Crippen LogP contribution in [0, 0.1) is 0 Å². The second-order valence-electron chi connectivity index (χ2n) is 4.62. The van der Waals surface area contributed by atoms with Gasteiger partial charge in [-0.25, -0.2) is 0 Å². The molecule has 0 rings (SSSR count). The smallest absolute Gasteiger partial charge is 2.00 e. The maximum absolute atomic E-state index is 2.37. The van der Waals surface area contributed by atoms with E-state index >= 15 is 0 Å². The fraction of sp³-hybridized carbons (Fsp3) is 1.00. The van der Waals surface area contributed by atoms with Gasteiger partial charge in [0.25, 0.3) is 0 Å². The van der Waals surface area contributed by atoms with Gasteiger partial charge in [0.1, 0.15) is 0 Å². The van der Waals surface area contributed by atoms with Crippen molar-refractivity contribution in [1.82, 2.24) is 0 Å². The van der Waals surface area contributed by atoms with E-state index in [-0.39, 0.29) is 26.6 Å². The summed E-state index contributed by atoms with van der Waals surface area (Å²) >= 11 is -0.182. The summed E-state index contributed by atoms with van der Waals surface area (Å²) in [6, 6.07) is 0. The first-order valence-electron chi connectivity index (χ1n) is 3.50. The molecule has 0 unspecified atom stereocenters. The molecule has 0 aliphatic rings. The molecule has 0 fully saturated rings. The first kappa shape index (κ1) is 13.4. The molecule has 2 heteroatoms. The molecule has 60 valence electrons. The van der Waals surface area contributed by atoms with Crippen LogP contribution < -0.4 is 0 Å². The summed E-state index contributed by atoms with van der Waals surface area (Å²) in [5, 5.41) is 0. The molecule has 0 amide bonds. The van der Waals surface area contributed by atoms with Crippen molar-refractivity contribution >= 4 is 21.1 Å². The predicted octanol–water partition coefficient (Wildman–Crippen LogP) is 3.01. The molecule has 0 aromatic carbocycles. The minimum Gasteiger partial charge on any atom is -2.00 e. The molecule has 0 heterocycles. The standard InChI is InChI=1S/2C4H9.O.Sn/c2*1-4(2)3;;/h2*1-3H3;;/q;;-2;+2. The van der Waals surface area contributed by atoms with Crippen LogP contribution in [0.15, 0.2) is 0 Å². The van der Waals surface area contributed by atoms with E-state index in [1.54, 1.807) is 0 Å². The van der Waals surface area contributed by atoms with E-state index in [2.05, 4.69) is 41.5 Å². The molecule has 0 N–H and O–H groups in total. The molecule has 0 aliphatic carbocycles. The molecule has 0 aromatic heterocycles. The maximum atomic E-state index is 2.37. The molecule has 0 aromatic rings. The average Bonchev–Trinajstić information content (AvgIpc) is 1.14. The summed E-state index contributed by atoms with van der Waals surface area (Å²) in [6.07, 6.45) is 0. The number of hydrogen-bond acceptors (Lipinski definition) is 0. The maximum Gasteiger partial charge on any atom is -2.00 e. The van der Waals surface area contributed by atoms with E-state index in [4.69, 9.17) is 0 Å². The summed E-state index contributed by atoms with van der Waals surface area (Å²) in [7, 11) is 0. The van der Waals surface area contributed by atoms with Crippen LogP contribution in [-0.2, 0) is 5.48 Å². The van der Waals surface area contributed by atoms with Gasteiger partial charge in [-0.05, 0) is 0 Å². The Kier molecular flexibility index (Phi) is 5.28. The van der Waals surface area contributed by atoms with E-state index in [1.807, 2.05) is 0 Å². The summed E-state index contributed by atoms with van der Waals surface area (Å²) < 4.78 is 1.31. The van der Waals surface area contributed by atoms with Gasteiger partial charge < -0.3 is 5.48 Å². The fourth-order valence-corrected chi connectivity index (χ4v) is 7.55. The molecule has 0 saturated carbocycles. The van der Waals surface area contributed by atoms with Crippen molar-refractivity contribution in [1.29, 1.82) is 0 Å². The van der Waals surface area contributed by atoms with Crippen molar-refractivity contribution < 1.29 is 5.48 Å². The van der Waals surface area contributed by atoms with Crippen molar-refractivity contribution in [3.8, 4) is 0 Å². The van der Waals surface area contributed by atoms with Crippen LogP contribution in [0.2, 0.25) is 6.86 Å². The Morgan fingerprint density at radius 1 is 0.700 bits per heavy atom. The van der Waals surface area contributed by atoms with Crippen molar-refractivity contribution in [3.05, 3.63) is 0 Å². The van der Waals surface area contributed by atoms with Crippen LogP contribution in [0.5, 0.6) is 0 Å². The third kappa shape index (κ3) is 11.5. The molecule has 0 saturated heterocycles. The van der Waals surface area contributed by atoms with Crippen LogP contribution in [-0.4, -0.2) is 21.1 Å². The third-order valence-corrected chi connectivity index (χ3v) is 5.03. The Hall–Kier alpha value is 0.759. The van der Waals surface area contributed by atoms with Crippen molar-refractivity contribution in [3.63, 3.8) is 0 Å². The Balaban J connectivity index is 0. The zero-order valence-electron chi connectivity index (χ0n) is 7.91. The first-order chi connectivity index (χ1) is 3.71. The third-order valence-electron chi connectivity index (χ3n) is 0.750. The minimum atomic E-state index is -0.182. The topological polar surface area (TPSA) is 28.5 Å². The van der Waals surface area contributed by atoms with Gasteiger partial charge in [0.05, 0.1) is 0 Å². The van der Waals surface area contributed by atoms with Crippen molar-refractivity contribution in [2.45, 2.75) is 48.4 Å². The van der Waals surface area contributed by atoms with Crippen LogP contribution >= 0.6 is 0 Å². The van der Waals surface area contributed by atoms with Crippen LogP contribution in [0.4, 0.5) is 0 Å². The summed E-state index contributed by atoms with van der Waals surface area (Å²) in [6.45, 7) is 14.2. The largest absolute Gasteiger partial charge is 2.00 e. The minimum absolute atomic E-state index is 0. The Morgan fingerprint density at radius 2 is 0.900 bits per heavy atom. The molecule has 1 nitrogen and oxygen atoms in total. The van der Waals surface area contributed by atoms with Gasteiger partial charge in [-0.3, -0.25) is 0 Å². The van der Waals surface area contributed by atoms with Gasteiger partial charge in [0.15, 0.2) is 0 Å². The second kappa shape index (κ2) is 3.95. The second-order valence-corrected chi connectivity index (χ2v) is 13.9. The van der Waals surface area contributed by atoms with E-state index < -0.39 is 0 Å². The van der Waals surface area contributed by atoms with Gasteiger partial charge in [-0.15, -0.1) is 0 Å². The van der Waals surface area contributed by atoms with E-state index in [1.165, 1.54) is 0 Å². The molecule has 0 aliphatic heterocycles. The fourth-order valence-electron chi connectivity index (χ4n) is 1.12. The molecule has 0 spiro atoms. The van der Waals surface area contributed by atoms with Gasteiger partial charge in [0.2, 0.25) is 0 Å². The normalized spacial score (nSPS) is 11.8. The first-order valence-corrected chi connectivity index (χ1v) is 6.35. The molecule has 0 bridgehead atoms. The van der Waals surface area contributed by atoms with Gasteiger partial charge in [-0.1, -0.05) is 0 Å². The van der Waals surface area contributed by atoms with Gasteiger partial charge in [0, 0.05) is 0 Å². The zero-order valence-corrected chi connectivity index (χ0v) is 10.8. The molecular weight excluding hydrogens is 231 g/mol. The summed E-state index contributed by atoms with van der Waals surface area (Å²) in [5.41, 5.74) is 0. The van der Waals surface area contributed by atoms with Crippen LogP contribution in [0.3, 0.4) is 0 Å². The SMILES string of the molecule is C[C](C)(C)[Sn+2][C](C)(C)C.[O-2]. The number of hydrogen-bond donors (Lipinski definition) is 0. The van der Waals surface area contributed by atoms with Gasteiger partial charge in [-0.2, -0.15) is 0 Å². The van der Waals surface area contributed by atoms with Gasteiger partial charge >= 0.3 is 69.5 Å².